The molecule has 0 spiro atoms. The normalized spacial score (nSPS) is 10.2. The second-order valence-electron chi connectivity index (χ2n) is 4.27. The lowest BCUT2D eigenvalue weighted by atomic mass is 10.1. The van der Waals surface area contributed by atoms with Crippen LogP contribution in [0.3, 0.4) is 0 Å². The zero-order valence-corrected chi connectivity index (χ0v) is 11.6. The number of hydrogen-bond acceptors (Lipinski definition) is 4. The Labute approximate surface area is 114 Å². The Hall–Kier alpha value is -1.75. The molecule has 106 valence electrons. The van der Waals surface area contributed by atoms with Gasteiger partial charge in [0, 0.05) is 32.0 Å². The Balaban J connectivity index is 2.41. The average molecular weight is 266 g/mol. The first kappa shape index (κ1) is 15.3. The van der Waals surface area contributed by atoms with Crippen LogP contribution in [-0.4, -0.2) is 33.3 Å². The van der Waals surface area contributed by atoms with Gasteiger partial charge in [-0.3, -0.25) is 4.79 Å². The minimum atomic E-state index is -0.136. The summed E-state index contributed by atoms with van der Waals surface area (Å²) in [5, 5.41) is 2.87. The first-order valence-corrected chi connectivity index (χ1v) is 6.39. The maximum absolute atomic E-state index is 12.0. The van der Waals surface area contributed by atoms with E-state index in [1.54, 1.807) is 25.3 Å². The van der Waals surface area contributed by atoms with Crippen molar-refractivity contribution in [2.45, 2.75) is 19.3 Å². The number of ether oxygens (including phenoxy) is 2. The van der Waals surface area contributed by atoms with Crippen LogP contribution in [0.25, 0.3) is 0 Å². The molecule has 19 heavy (non-hydrogen) atoms. The smallest absolute Gasteiger partial charge is 0.255 e. The standard InChI is InChI=1S/C14H22N2O3/c1-18-9-5-3-4-8-16-14(17)12-7-6-11(15)10-13(12)19-2/h6-7,10H,3-5,8-9,15H2,1-2H3,(H,16,17). The van der Waals surface area contributed by atoms with E-state index >= 15 is 0 Å². The lowest BCUT2D eigenvalue weighted by molar-refractivity contribution is 0.0949. The van der Waals surface area contributed by atoms with Crippen molar-refractivity contribution in [3.05, 3.63) is 23.8 Å². The number of carbonyl (C=O) groups is 1. The van der Waals surface area contributed by atoms with Crippen molar-refractivity contribution in [2.24, 2.45) is 0 Å². The molecule has 0 unspecified atom stereocenters. The van der Waals surface area contributed by atoms with E-state index in [1.807, 2.05) is 0 Å². The van der Waals surface area contributed by atoms with Gasteiger partial charge in [0.2, 0.25) is 0 Å². The fourth-order valence-corrected chi connectivity index (χ4v) is 1.74. The van der Waals surface area contributed by atoms with Gasteiger partial charge in [-0.25, -0.2) is 0 Å². The molecular weight excluding hydrogens is 244 g/mol. The molecule has 3 N–H and O–H groups in total. The van der Waals surface area contributed by atoms with Crippen LogP contribution in [0.2, 0.25) is 0 Å². The molecule has 1 rings (SSSR count). The predicted octanol–water partition coefficient (Wildman–Crippen LogP) is 1.82. The zero-order valence-electron chi connectivity index (χ0n) is 11.6. The second-order valence-corrected chi connectivity index (χ2v) is 4.27. The van der Waals surface area contributed by atoms with E-state index in [4.69, 9.17) is 15.2 Å². The van der Waals surface area contributed by atoms with Crippen LogP contribution in [0.15, 0.2) is 18.2 Å². The number of anilines is 1. The maximum atomic E-state index is 12.0. The van der Waals surface area contributed by atoms with Gasteiger partial charge >= 0.3 is 0 Å². The Bertz CT molecular complexity index is 408. The lowest BCUT2D eigenvalue weighted by Gasteiger charge is -2.10. The van der Waals surface area contributed by atoms with Crippen LogP contribution in [0, 0.1) is 0 Å². The van der Waals surface area contributed by atoms with Crippen LogP contribution in [0.4, 0.5) is 5.69 Å². The number of unbranched alkanes of at least 4 members (excludes halogenated alkanes) is 2. The van der Waals surface area contributed by atoms with Crippen molar-refractivity contribution in [3.8, 4) is 5.75 Å². The first-order valence-electron chi connectivity index (χ1n) is 6.39. The van der Waals surface area contributed by atoms with Gasteiger partial charge < -0.3 is 20.5 Å². The molecule has 5 nitrogen and oxygen atoms in total. The van der Waals surface area contributed by atoms with Crippen molar-refractivity contribution in [1.29, 1.82) is 0 Å². The second kappa shape index (κ2) is 8.37. The van der Waals surface area contributed by atoms with Gasteiger partial charge in [-0.15, -0.1) is 0 Å². The molecule has 0 aliphatic rings. The van der Waals surface area contributed by atoms with Gasteiger partial charge in [0.05, 0.1) is 12.7 Å². The topological polar surface area (TPSA) is 73.6 Å². The Morgan fingerprint density at radius 3 is 2.74 bits per heavy atom. The number of carbonyl (C=O) groups excluding carboxylic acids is 1. The quantitative estimate of drug-likeness (QED) is 0.556. The Morgan fingerprint density at radius 2 is 2.05 bits per heavy atom. The summed E-state index contributed by atoms with van der Waals surface area (Å²) in [7, 11) is 3.21. The summed E-state index contributed by atoms with van der Waals surface area (Å²) >= 11 is 0. The van der Waals surface area contributed by atoms with Crippen molar-refractivity contribution >= 4 is 11.6 Å². The first-order chi connectivity index (χ1) is 9.19. The SMILES string of the molecule is COCCCCCNC(=O)c1ccc(N)cc1OC. The summed E-state index contributed by atoms with van der Waals surface area (Å²) in [5.74, 6) is 0.362. The Morgan fingerprint density at radius 1 is 1.26 bits per heavy atom. The average Bonchev–Trinajstić information content (AvgIpc) is 2.42. The molecule has 1 aromatic rings. The Kier molecular flexibility index (Phi) is 6.74. The number of nitrogens with one attached hydrogen (secondary N) is 1. The van der Waals surface area contributed by atoms with E-state index in [2.05, 4.69) is 5.32 Å². The lowest BCUT2D eigenvalue weighted by Crippen LogP contribution is -2.25. The number of nitrogens with two attached hydrogens (primary N) is 1. The van der Waals surface area contributed by atoms with Gasteiger partial charge in [0.15, 0.2) is 0 Å². The highest BCUT2D eigenvalue weighted by Gasteiger charge is 2.11. The van der Waals surface area contributed by atoms with Crippen molar-refractivity contribution in [3.63, 3.8) is 0 Å². The molecule has 0 aliphatic carbocycles. The van der Waals surface area contributed by atoms with Gasteiger partial charge in [-0.2, -0.15) is 0 Å². The third-order valence-electron chi connectivity index (χ3n) is 2.78. The van der Waals surface area contributed by atoms with E-state index in [9.17, 15) is 4.79 Å². The fourth-order valence-electron chi connectivity index (χ4n) is 1.74. The monoisotopic (exact) mass is 266 g/mol. The van der Waals surface area contributed by atoms with Gasteiger partial charge in [-0.05, 0) is 31.4 Å². The number of hydrogen-bond donors (Lipinski definition) is 2. The van der Waals surface area contributed by atoms with Gasteiger partial charge in [-0.1, -0.05) is 0 Å². The molecule has 0 aliphatic heterocycles. The highest BCUT2D eigenvalue weighted by Crippen LogP contribution is 2.21. The van der Waals surface area contributed by atoms with Gasteiger partial charge in [0.25, 0.3) is 5.91 Å². The highest BCUT2D eigenvalue weighted by molar-refractivity contribution is 5.97. The molecule has 0 saturated carbocycles. The highest BCUT2D eigenvalue weighted by atomic mass is 16.5. The zero-order chi connectivity index (χ0) is 14.1. The van der Waals surface area contributed by atoms with E-state index in [0.29, 0.717) is 23.5 Å². The van der Waals surface area contributed by atoms with E-state index < -0.39 is 0 Å². The summed E-state index contributed by atoms with van der Waals surface area (Å²) in [5.41, 5.74) is 6.73. The summed E-state index contributed by atoms with van der Waals surface area (Å²) in [6, 6.07) is 5.01. The minimum absolute atomic E-state index is 0.136. The van der Waals surface area contributed by atoms with E-state index in [1.165, 1.54) is 7.11 Å². The fraction of sp³-hybridized carbons (Fsp3) is 0.500. The molecule has 0 radical (unpaired) electrons. The molecule has 0 bridgehead atoms. The predicted molar refractivity (Wildman–Crippen MR) is 75.5 cm³/mol. The largest absolute Gasteiger partial charge is 0.496 e. The summed E-state index contributed by atoms with van der Waals surface area (Å²) < 4.78 is 10.1. The molecule has 1 amide bonds. The van der Waals surface area contributed by atoms with Crippen LogP contribution >= 0.6 is 0 Å². The molecule has 0 fully saturated rings. The number of nitrogen functional groups attached to an aromatic ring is 1. The van der Waals surface area contributed by atoms with E-state index in [0.717, 1.165) is 25.9 Å². The van der Waals surface area contributed by atoms with Crippen molar-refractivity contribution in [2.75, 3.05) is 33.1 Å². The molecule has 5 heteroatoms. The number of amides is 1. The summed E-state index contributed by atoms with van der Waals surface area (Å²) in [6.45, 7) is 1.41. The van der Waals surface area contributed by atoms with E-state index in [-0.39, 0.29) is 5.91 Å². The minimum Gasteiger partial charge on any atom is -0.496 e. The molecule has 0 aromatic heterocycles. The summed E-state index contributed by atoms with van der Waals surface area (Å²) in [4.78, 5) is 12.0. The number of benzene rings is 1. The van der Waals surface area contributed by atoms with Crippen LogP contribution in [0.5, 0.6) is 5.75 Å². The third kappa shape index (κ3) is 5.18. The molecule has 1 aromatic carbocycles. The third-order valence-corrected chi connectivity index (χ3v) is 2.78. The number of rotatable bonds is 8. The molecule has 0 heterocycles. The van der Waals surface area contributed by atoms with Gasteiger partial charge in [0.1, 0.15) is 5.75 Å². The van der Waals surface area contributed by atoms with Crippen LogP contribution in [-0.2, 0) is 4.74 Å². The molecular formula is C14H22N2O3. The van der Waals surface area contributed by atoms with Crippen molar-refractivity contribution in [1.82, 2.24) is 5.32 Å². The molecule has 0 saturated heterocycles. The van der Waals surface area contributed by atoms with Crippen molar-refractivity contribution < 1.29 is 14.3 Å². The van der Waals surface area contributed by atoms with Crippen LogP contribution in [0.1, 0.15) is 29.6 Å². The summed E-state index contributed by atoms with van der Waals surface area (Å²) in [6.07, 6.45) is 2.98. The molecule has 0 atom stereocenters. The number of methoxy groups -OCH3 is 2. The van der Waals surface area contributed by atoms with Crippen LogP contribution < -0.4 is 15.8 Å². The maximum Gasteiger partial charge on any atom is 0.255 e.